The maximum atomic E-state index is 9.58. The van der Waals surface area contributed by atoms with Gasteiger partial charge in [0.1, 0.15) is 12.1 Å². The number of aromatic hydroxyl groups is 1. The zero-order valence-corrected chi connectivity index (χ0v) is 13.9. The highest BCUT2D eigenvalue weighted by Gasteiger charge is 2.12. The first-order valence-electron chi connectivity index (χ1n) is 7.61. The number of benzene rings is 2. The molecular weight excluding hydrogens is 302 g/mol. The van der Waals surface area contributed by atoms with Gasteiger partial charge in [-0.2, -0.15) is 0 Å². The van der Waals surface area contributed by atoms with E-state index >= 15 is 0 Å². The fourth-order valence-corrected chi connectivity index (χ4v) is 2.50. The summed E-state index contributed by atoms with van der Waals surface area (Å²) in [7, 11) is 0. The van der Waals surface area contributed by atoms with E-state index in [1.165, 1.54) is 6.33 Å². The largest absolute Gasteiger partial charge is 0.508 e. The Bertz CT molecular complexity index is 945. The number of phenolic OH excluding ortho intramolecular Hbond substituents is 1. The van der Waals surface area contributed by atoms with Gasteiger partial charge in [0.05, 0.1) is 16.6 Å². The summed E-state index contributed by atoms with van der Waals surface area (Å²) in [6, 6.07) is 8.67. The van der Waals surface area contributed by atoms with E-state index < -0.39 is 0 Å². The van der Waals surface area contributed by atoms with Crippen LogP contribution in [0.4, 0.5) is 5.69 Å². The lowest BCUT2D eigenvalue weighted by Crippen LogP contribution is -1.99. The van der Waals surface area contributed by atoms with Gasteiger partial charge in [0.25, 0.3) is 0 Å². The Hall–Kier alpha value is -3.08. The number of aryl methyl sites for hydroxylation is 1. The summed E-state index contributed by atoms with van der Waals surface area (Å²) in [6.07, 6.45) is 3.44. The zero-order chi connectivity index (χ0) is 17.3. The van der Waals surface area contributed by atoms with Crippen LogP contribution in [-0.4, -0.2) is 15.1 Å². The van der Waals surface area contributed by atoms with Crippen molar-refractivity contribution in [2.75, 3.05) is 5.73 Å². The van der Waals surface area contributed by atoms with Crippen LogP contribution in [-0.2, 0) is 0 Å². The normalized spacial score (nSPS) is 10.6. The van der Waals surface area contributed by atoms with Gasteiger partial charge in [-0.25, -0.2) is 9.97 Å². The number of nitrogen functional groups attached to an aromatic ring is 1. The predicted octanol–water partition coefficient (Wildman–Crippen LogP) is 4.44. The second kappa shape index (κ2) is 6.20. The van der Waals surface area contributed by atoms with Crippen LogP contribution in [0.3, 0.4) is 0 Å². The van der Waals surface area contributed by atoms with Crippen molar-refractivity contribution in [1.82, 2.24) is 9.97 Å². The molecule has 5 heteroatoms. The van der Waals surface area contributed by atoms with Gasteiger partial charge in [-0.1, -0.05) is 17.7 Å². The first kappa shape index (κ1) is 15.8. The van der Waals surface area contributed by atoms with Crippen LogP contribution in [0.2, 0.25) is 0 Å². The predicted molar refractivity (Wildman–Crippen MR) is 96.2 cm³/mol. The molecule has 122 valence electrons. The lowest BCUT2D eigenvalue weighted by Gasteiger charge is -2.13. The van der Waals surface area contributed by atoms with Crippen LogP contribution in [0.1, 0.15) is 25.0 Å². The topological polar surface area (TPSA) is 81.3 Å². The van der Waals surface area contributed by atoms with E-state index in [2.05, 4.69) is 9.97 Å². The van der Waals surface area contributed by atoms with Gasteiger partial charge < -0.3 is 15.6 Å². The minimum Gasteiger partial charge on any atom is -0.508 e. The van der Waals surface area contributed by atoms with E-state index in [0.717, 1.165) is 16.7 Å². The van der Waals surface area contributed by atoms with Crippen molar-refractivity contribution in [2.45, 2.75) is 20.8 Å². The average molecular weight is 321 g/mol. The fraction of sp³-hybridized carbons (Fsp3) is 0.158. The summed E-state index contributed by atoms with van der Waals surface area (Å²) in [5.74, 6) is 1.09. The third kappa shape index (κ3) is 3.01. The summed E-state index contributed by atoms with van der Waals surface area (Å²) >= 11 is 0. The van der Waals surface area contributed by atoms with Gasteiger partial charge in [-0.05, 0) is 44.5 Å². The van der Waals surface area contributed by atoms with Gasteiger partial charge >= 0.3 is 0 Å². The fourth-order valence-electron chi connectivity index (χ4n) is 2.50. The zero-order valence-electron chi connectivity index (χ0n) is 13.9. The summed E-state index contributed by atoms with van der Waals surface area (Å²) < 4.78 is 5.95. The Morgan fingerprint density at radius 2 is 1.96 bits per heavy atom. The van der Waals surface area contributed by atoms with E-state index in [9.17, 15) is 5.11 Å². The lowest BCUT2D eigenvalue weighted by atomic mass is 10.0. The molecule has 2 aromatic carbocycles. The minimum absolute atomic E-state index is 0.146. The molecule has 0 saturated carbocycles. The Morgan fingerprint density at radius 1 is 1.17 bits per heavy atom. The molecule has 0 fully saturated rings. The molecule has 3 aromatic rings. The number of nitrogens with zero attached hydrogens (tertiary/aromatic N) is 2. The van der Waals surface area contributed by atoms with Gasteiger partial charge in [-0.15, -0.1) is 0 Å². The molecule has 1 aromatic heterocycles. The molecule has 0 spiro atoms. The highest BCUT2D eigenvalue weighted by Crippen LogP contribution is 2.35. The lowest BCUT2D eigenvalue weighted by molar-refractivity contribution is 0.468. The number of hydrogen-bond donors (Lipinski definition) is 2. The van der Waals surface area contributed by atoms with E-state index in [1.807, 2.05) is 39.0 Å². The number of allylic oxidation sites excluding steroid dienone is 1. The monoisotopic (exact) mass is 321 g/mol. The van der Waals surface area contributed by atoms with E-state index in [0.29, 0.717) is 28.2 Å². The molecule has 3 rings (SSSR count). The van der Waals surface area contributed by atoms with Crippen LogP contribution in [0, 0.1) is 6.92 Å². The van der Waals surface area contributed by atoms with Crippen LogP contribution in [0.25, 0.3) is 17.0 Å². The molecule has 0 saturated heterocycles. The standard InChI is InChI=1S/C19H19N3O2/c1-11(2)8-15-12(3)4-7-17(18(15)20)24-19-14-6-5-13(23)9-16(14)21-10-22-19/h4-10,23H,20H2,1-3H3. The van der Waals surface area contributed by atoms with Crippen molar-refractivity contribution in [3.05, 3.63) is 53.4 Å². The van der Waals surface area contributed by atoms with Crippen molar-refractivity contribution >= 4 is 22.7 Å². The first-order chi connectivity index (χ1) is 11.5. The Labute approximate surface area is 140 Å². The molecule has 0 amide bonds. The second-order valence-corrected chi connectivity index (χ2v) is 5.91. The number of fused-ring (bicyclic) bond motifs is 1. The highest BCUT2D eigenvalue weighted by atomic mass is 16.5. The third-order valence-electron chi connectivity index (χ3n) is 3.69. The number of phenols is 1. The Morgan fingerprint density at radius 3 is 2.71 bits per heavy atom. The molecule has 0 atom stereocenters. The molecule has 1 heterocycles. The van der Waals surface area contributed by atoms with Gasteiger partial charge in [-0.3, -0.25) is 0 Å². The number of aromatic nitrogens is 2. The van der Waals surface area contributed by atoms with E-state index in [1.54, 1.807) is 18.2 Å². The minimum atomic E-state index is 0.146. The molecule has 0 aliphatic rings. The van der Waals surface area contributed by atoms with Crippen molar-refractivity contribution in [3.63, 3.8) is 0 Å². The van der Waals surface area contributed by atoms with Crippen molar-refractivity contribution < 1.29 is 9.84 Å². The molecule has 3 N–H and O–H groups in total. The van der Waals surface area contributed by atoms with Gasteiger partial charge in [0, 0.05) is 11.6 Å². The quantitative estimate of drug-likeness (QED) is 0.697. The first-order valence-corrected chi connectivity index (χ1v) is 7.61. The van der Waals surface area contributed by atoms with Crippen molar-refractivity contribution in [3.8, 4) is 17.4 Å². The molecule has 0 radical (unpaired) electrons. The van der Waals surface area contributed by atoms with Gasteiger partial charge in [0.15, 0.2) is 5.75 Å². The number of hydrogen-bond acceptors (Lipinski definition) is 5. The van der Waals surface area contributed by atoms with Crippen LogP contribution < -0.4 is 10.5 Å². The number of anilines is 1. The molecule has 0 aliphatic carbocycles. The molecule has 24 heavy (non-hydrogen) atoms. The Balaban J connectivity index is 2.08. The molecular formula is C19H19N3O2. The average Bonchev–Trinajstić information content (AvgIpc) is 2.53. The summed E-state index contributed by atoms with van der Waals surface area (Å²) in [6.45, 7) is 6.06. The van der Waals surface area contributed by atoms with E-state index in [4.69, 9.17) is 10.5 Å². The third-order valence-corrected chi connectivity index (χ3v) is 3.69. The highest BCUT2D eigenvalue weighted by molar-refractivity contribution is 5.85. The molecule has 0 bridgehead atoms. The maximum absolute atomic E-state index is 9.58. The number of nitrogens with two attached hydrogens (primary N) is 1. The van der Waals surface area contributed by atoms with Crippen LogP contribution in [0.5, 0.6) is 17.4 Å². The second-order valence-electron chi connectivity index (χ2n) is 5.91. The molecule has 5 nitrogen and oxygen atoms in total. The smallest absolute Gasteiger partial charge is 0.230 e. The SMILES string of the molecule is CC(C)=Cc1c(C)ccc(Oc2ncnc3cc(O)ccc23)c1N. The Kier molecular flexibility index (Phi) is 4.08. The molecule has 0 aliphatic heterocycles. The number of rotatable bonds is 3. The molecule has 0 unspecified atom stereocenters. The summed E-state index contributed by atoms with van der Waals surface area (Å²) in [5.41, 5.74) is 10.7. The van der Waals surface area contributed by atoms with Crippen LogP contribution >= 0.6 is 0 Å². The van der Waals surface area contributed by atoms with Gasteiger partial charge in [0.2, 0.25) is 5.88 Å². The number of ether oxygens (including phenoxy) is 1. The van der Waals surface area contributed by atoms with Crippen molar-refractivity contribution in [1.29, 1.82) is 0 Å². The summed E-state index contributed by atoms with van der Waals surface area (Å²) in [4.78, 5) is 8.35. The van der Waals surface area contributed by atoms with E-state index in [-0.39, 0.29) is 5.75 Å². The summed E-state index contributed by atoms with van der Waals surface area (Å²) in [5, 5.41) is 10.3. The van der Waals surface area contributed by atoms with Crippen molar-refractivity contribution in [2.24, 2.45) is 0 Å². The van der Waals surface area contributed by atoms with Crippen LogP contribution in [0.15, 0.2) is 42.2 Å². The maximum Gasteiger partial charge on any atom is 0.230 e.